The number of esters is 1. The highest BCUT2D eigenvalue weighted by Gasteiger charge is 2.25. The summed E-state index contributed by atoms with van der Waals surface area (Å²) in [6.07, 6.45) is 2.69. The summed E-state index contributed by atoms with van der Waals surface area (Å²) >= 11 is 0. The zero-order valence-electron chi connectivity index (χ0n) is 18.5. The molecule has 0 bridgehead atoms. The number of pyridine rings is 1. The Morgan fingerprint density at radius 3 is 2.75 bits per heavy atom. The number of benzene rings is 2. The van der Waals surface area contributed by atoms with Gasteiger partial charge in [0.1, 0.15) is 12.2 Å². The third-order valence-electron chi connectivity index (χ3n) is 6.32. The molecule has 2 heterocycles. The topological polar surface area (TPSA) is 69.4 Å². The van der Waals surface area contributed by atoms with Gasteiger partial charge in [-0.3, -0.25) is 4.98 Å². The van der Waals surface area contributed by atoms with Gasteiger partial charge in [0.25, 0.3) is 0 Å². The Kier molecular flexibility index (Phi) is 5.04. The number of aromatic nitrogens is 1. The molecule has 0 amide bonds. The van der Waals surface area contributed by atoms with Crippen molar-refractivity contribution >= 4 is 27.8 Å². The van der Waals surface area contributed by atoms with Crippen LogP contribution in [0.25, 0.3) is 21.9 Å². The van der Waals surface area contributed by atoms with Crippen LogP contribution in [0.5, 0.6) is 0 Å². The first-order chi connectivity index (χ1) is 15.4. The summed E-state index contributed by atoms with van der Waals surface area (Å²) in [6.45, 7) is 6.27. The predicted octanol–water partition coefficient (Wildman–Crippen LogP) is 5.62. The predicted molar refractivity (Wildman–Crippen MR) is 124 cm³/mol. The molecule has 0 unspecified atom stereocenters. The summed E-state index contributed by atoms with van der Waals surface area (Å²) in [5, 5.41) is 1.62. The normalized spacial score (nSPS) is 13.1. The molecular formula is C27H25NO4. The molecule has 5 rings (SSSR count). The van der Waals surface area contributed by atoms with E-state index in [0.717, 1.165) is 52.4 Å². The Balaban J connectivity index is 1.54. The fourth-order valence-corrected chi connectivity index (χ4v) is 4.79. The molecule has 2 aromatic carbocycles. The number of para-hydroxylation sites is 1. The van der Waals surface area contributed by atoms with Crippen molar-refractivity contribution in [3.05, 3.63) is 86.4 Å². The van der Waals surface area contributed by atoms with Crippen molar-refractivity contribution in [1.82, 2.24) is 4.98 Å². The summed E-state index contributed by atoms with van der Waals surface area (Å²) in [6, 6.07) is 13.0. The quantitative estimate of drug-likeness (QED) is 0.312. The van der Waals surface area contributed by atoms with E-state index in [1.165, 1.54) is 11.6 Å². The second-order valence-corrected chi connectivity index (χ2v) is 8.81. The first-order valence-electron chi connectivity index (χ1n) is 11.1. The van der Waals surface area contributed by atoms with Crippen molar-refractivity contribution in [3.63, 3.8) is 0 Å². The number of carbonyl (C=O) groups excluding carboxylic acids is 1. The number of carbonyl (C=O) groups is 1. The minimum absolute atomic E-state index is 0.00690. The molecule has 0 N–H and O–H groups in total. The van der Waals surface area contributed by atoms with Crippen LogP contribution in [0.2, 0.25) is 0 Å². The minimum atomic E-state index is -0.449. The molecule has 0 saturated carbocycles. The SMILES string of the molecule is Cc1cc2oc(=O)cc(COC(=O)c3c4c(nc5ccccc35)CCC4)c2cc1C(C)C. The Morgan fingerprint density at radius 1 is 1.12 bits per heavy atom. The highest BCUT2D eigenvalue weighted by atomic mass is 16.5. The van der Waals surface area contributed by atoms with Gasteiger partial charge in [-0.05, 0) is 67.0 Å². The monoisotopic (exact) mass is 427 g/mol. The van der Waals surface area contributed by atoms with E-state index in [1.807, 2.05) is 43.3 Å². The highest BCUT2D eigenvalue weighted by Crippen LogP contribution is 2.31. The van der Waals surface area contributed by atoms with Crippen molar-refractivity contribution in [1.29, 1.82) is 0 Å². The Morgan fingerprint density at radius 2 is 1.94 bits per heavy atom. The molecule has 5 nitrogen and oxygen atoms in total. The van der Waals surface area contributed by atoms with E-state index >= 15 is 0 Å². The maximum absolute atomic E-state index is 13.3. The summed E-state index contributed by atoms with van der Waals surface area (Å²) in [5.41, 5.74) is 6.36. The van der Waals surface area contributed by atoms with Crippen LogP contribution in [0.15, 0.2) is 51.7 Å². The van der Waals surface area contributed by atoms with Gasteiger partial charge >= 0.3 is 11.6 Å². The van der Waals surface area contributed by atoms with Gasteiger partial charge in [0.2, 0.25) is 0 Å². The van der Waals surface area contributed by atoms with Crippen molar-refractivity contribution in [2.45, 2.75) is 52.6 Å². The van der Waals surface area contributed by atoms with Crippen molar-refractivity contribution < 1.29 is 13.9 Å². The summed E-state index contributed by atoms with van der Waals surface area (Å²) < 4.78 is 11.2. The van der Waals surface area contributed by atoms with E-state index in [1.54, 1.807) is 0 Å². The van der Waals surface area contributed by atoms with E-state index in [9.17, 15) is 9.59 Å². The van der Waals surface area contributed by atoms with Gasteiger partial charge < -0.3 is 9.15 Å². The maximum Gasteiger partial charge on any atom is 0.339 e. The van der Waals surface area contributed by atoms with Crippen molar-refractivity contribution in [2.75, 3.05) is 0 Å². The molecular weight excluding hydrogens is 402 g/mol. The number of aryl methyl sites for hydroxylation is 2. The fourth-order valence-electron chi connectivity index (χ4n) is 4.79. The Labute approximate surface area is 186 Å². The van der Waals surface area contributed by atoms with Crippen LogP contribution in [-0.2, 0) is 24.2 Å². The lowest BCUT2D eigenvalue weighted by molar-refractivity contribution is 0.0475. The fraction of sp³-hybridized carbons (Fsp3) is 0.296. The van der Waals surface area contributed by atoms with Crippen LogP contribution < -0.4 is 5.63 Å². The van der Waals surface area contributed by atoms with E-state index in [0.29, 0.717) is 22.6 Å². The van der Waals surface area contributed by atoms with Crippen LogP contribution >= 0.6 is 0 Å². The summed E-state index contributed by atoms with van der Waals surface area (Å²) in [5.74, 6) is -0.0492. The second kappa shape index (κ2) is 7.90. The second-order valence-electron chi connectivity index (χ2n) is 8.81. The minimum Gasteiger partial charge on any atom is -0.457 e. The standard InChI is InChI=1S/C27H25NO4/c1-15(2)20-13-21-17(12-25(29)32-24(21)11-16(20)3)14-31-27(30)26-18-7-4-5-9-22(18)28-23-10-6-8-19(23)26/h4-5,7,9,11-13,15H,6,8,10,14H2,1-3H3. The van der Waals surface area contributed by atoms with Gasteiger partial charge in [0.15, 0.2) is 0 Å². The smallest absolute Gasteiger partial charge is 0.339 e. The average molecular weight is 428 g/mol. The maximum atomic E-state index is 13.3. The third-order valence-corrected chi connectivity index (χ3v) is 6.32. The first-order valence-corrected chi connectivity index (χ1v) is 11.1. The van der Waals surface area contributed by atoms with Gasteiger partial charge in [0.05, 0.1) is 11.1 Å². The molecule has 0 radical (unpaired) electrons. The van der Waals surface area contributed by atoms with Gasteiger partial charge in [-0.2, -0.15) is 0 Å². The summed E-state index contributed by atoms with van der Waals surface area (Å²) in [7, 11) is 0. The van der Waals surface area contributed by atoms with Gasteiger partial charge in [-0.15, -0.1) is 0 Å². The highest BCUT2D eigenvalue weighted by molar-refractivity contribution is 6.05. The number of rotatable bonds is 4. The molecule has 32 heavy (non-hydrogen) atoms. The van der Waals surface area contributed by atoms with E-state index in [-0.39, 0.29) is 12.6 Å². The van der Waals surface area contributed by atoms with Crippen LogP contribution in [-0.4, -0.2) is 11.0 Å². The molecule has 0 saturated heterocycles. The van der Waals surface area contributed by atoms with E-state index in [2.05, 4.69) is 13.8 Å². The van der Waals surface area contributed by atoms with Gasteiger partial charge in [-0.25, -0.2) is 9.59 Å². The molecule has 4 aromatic rings. The number of hydrogen-bond donors (Lipinski definition) is 0. The molecule has 0 fully saturated rings. The molecule has 0 atom stereocenters. The number of fused-ring (bicyclic) bond motifs is 3. The van der Waals surface area contributed by atoms with Crippen molar-refractivity contribution in [3.8, 4) is 0 Å². The van der Waals surface area contributed by atoms with Crippen LogP contribution in [0.3, 0.4) is 0 Å². The zero-order chi connectivity index (χ0) is 22.4. The lowest BCUT2D eigenvalue weighted by atomic mass is 9.95. The van der Waals surface area contributed by atoms with Crippen molar-refractivity contribution in [2.24, 2.45) is 0 Å². The number of hydrogen-bond acceptors (Lipinski definition) is 5. The van der Waals surface area contributed by atoms with Crippen LogP contribution in [0.4, 0.5) is 0 Å². The third kappa shape index (κ3) is 3.48. The average Bonchev–Trinajstić information content (AvgIpc) is 3.22. The van der Waals surface area contributed by atoms with Gasteiger partial charge in [-0.1, -0.05) is 32.0 Å². The zero-order valence-corrected chi connectivity index (χ0v) is 18.5. The van der Waals surface area contributed by atoms with Gasteiger partial charge in [0, 0.05) is 28.1 Å². The van der Waals surface area contributed by atoms with Crippen LogP contribution in [0.1, 0.15) is 64.5 Å². The lowest BCUT2D eigenvalue weighted by Crippen LogP contribution is -2.12. The molecule has 2 aromatic heterocycles. The van der Waals surface area contributed by atoms with E-state index < -0.39 is 5.63 Å². The number of ether oxygens (including phenoxy) is 1. The summed E-state index contributed by atoms with van der Waals surface area (Å²) in [4.78, 5) is 30.2. The van der Waals surface area contributed by atoms with Crippen LogP contribution in [0, 0.1) is 6.92 Å². The first kappa shape index (κ1) is 20.4. The Bertz CT molecular complexity index is 1430. The molecule has 0 spiro atoms. The van der Waals surface area contributed by atoms with E-state index in [4.69, 9.17) is 14.1 Å². The molecule has 5 heteroatoms. The number of nitrogens with zero attached hydrogens (tertiary/aromatic N) is 1. The molecule has 1 aliphatic carbocycles. The largest absolute Gasteiger partial charge is 0.457 e. The molecule has 0 aliphatic heterocycles. The molecule has 162 valence electrons. The lowest BCUT2D eigenvalue weighted by Gasteiger charge is -2.14. The Hall–Kier alpha value is -3.47. The molecule has 1 aliphatic rings.